The summed E-state index contributed by atoms with van der Waals surface area (Å²) >= 11 is 0. The summed E-state index contributed by atoms with van der Waals surface area (Å²) in [4.78, 5) is 34.1. The van der Waals surface area contributed by atoms with Crippen LogP contribution in [-0.2, 0) is 19.0 Å². The van der Waals surface area contributed by atoms with Crippen molar-refractivity contribution in [3.05, 3.63) is 0 Å². The molecular formula is C13H24N2O6. The second-order valence-electron chi connectivity index (χ2n) is 6.38. The number of primary amides is 1. The molecule has 0 aliphatic carbocycles. The first-order chi connectivity index (χ1) is 9.30. The highest BCUT2D eigenvalue weighted by atomic mass is 16.7. The van der Waals surface area contributed by atoms with Crippen LogP contribution in [0.2, 0.25) is 0 Å². The van der Waals surface area contributed by atoms with Crippen LogP contribution in [0.4, 0.5) is 9.59 Å². The zero-order valence-electron chi connectivity index (χ0n) is 13.3. The maximum absolute atomic E-state index is 11.5. The molecule has 0 bridgehead atoms. The Hall–Kier alpha value is -1.99. The van der Waals surface area contributed by atoms with E-state index in [1.54, 1.807) is 41.5 Å². The highest BCUT2D eigenvalue weighted by Crippen LogP contribution is 2.09. The van der Waals surface area contributed by atoms with Crippen molar-refractivity contribution in [2.75, 3.05) is 6.61 Å². The second-order valence-corrected chi connectivity index (χ2v) is 6.38. The third-order valence-electron chi connectivity index (χ3n) is 1.79. The summed E-state index contributed by atoms with van der Waals surface area (Å²) in [6.07, 6.45) is -1.79. The fraction of sp³-hybridized carbons (Fsp3) is 0.769. The van der Waals surface area contributed by atoms with Gasteiger partial charge in [0.2, 0.25) is 5.91 Å². The van der Waals surface area contributed by atoms with Crippen LogP contribution in [0.25, 0.3) is 0 Å². The Morgan fingerprint density at radius 3 is 1.86 bits per heavy atom. The van der Waals surface area contributed by atoms with Gasteiger partial charge in [-0.3, -0.25) is 4.79 Å². The Morgan fingerprint density at radius 2 is 1.48 bits per heavy atom. The van der Waals surface area contributed by atoms with E-state index in [-0.39, 0.29) is 0 Å². The Bertz CT molecular complexity index is 394. The smallest absolute Gasteiger partial charge is 0.444 e. The predicted octanol–water partition coefficient (Wildman–Crippen LogP) is 1.32. The molecule has 2 amide bonds. The van der Waals surface area contributed by atoms with Crippen molar-refractivity contribution < 1.29 is 28.6 Å². The molecule has 122 valence electrons. The lowest BCUT2D eigenvalue weighted by molar-refractivity contribution is -0.121. The summed E-state index contributed by atoms with van der Waals surface area (Å²) in [7, 11) is 0. The van der Waals surface area contributed by atoms with Gasteiger partial charge in [-0.05, 0) is 41.5 Å². The van der Waals surface area contributed by atoms with E-state index in [2.05, 4.69) is 5.32 Å². The van der Waals surface area contributed by atoms with Gasteiger partial charge in [-0.1, -0.05) is 0 Å². The van der Waals surface area contributed by atoms with E-state index in [1.807, 2.05) is 0 Å². The summed E-state index contributed by atoms with van der Waals surface area (Å²) in [6.45, 7) is 9.56. The molecule has 0 aliphatic heterocycles. The molecule has 0 heterocycles. The normalized spacial score (nSPS) is 13.0. The summed E-state index contributed by atoms with van der Waals surface area (Å²) in [5.41, 5.74) is 3.67. The first-order valence-corrected chi connectivity index (χ1v) is 6.45. The average molecular weight is 304 g/mol. The van der Waals surface area contributed by atoms with Gasteiger partial charge in [-0.15, -0.1) is 0 Å². The third kappa shape index (κ3) is 10.5. The van der Waals surface area contributed by atoms with Crippen LogP contribution in [0.5, 0.6) is 0 Å². The highest BCUT2D eigenvalue weighted by molar-refractivity contribution is 5.84. The van der Waals surface area contributed by atoms with Crippen LogP contribution in [-0.4, -0.2) is 42.0 Å². The fourth-order valence-electron chi connectivity index (χ4n) is 1.08. The number of carbonyl (C=O) groups is 3. The molecule has 21 heavy (non-hydrogen) atoms. The largest absolute Gasteiger partial charge is 0.508 e. The number of rotatable bonds is 4. The maximum Gasteiger partial charge on any atom is 0.508 e. The van der Waals surface area contributed by atoms with Crippen molar-refractivity contribution >= 4 is 18.2 Å². The second kappa shape index (κ2) is 7.14. The van der Waals surface area contributed by atoms with Crippen LogP contribution in [0.3, 0.4) is 0 Å². The van der Waals surface area contributed by atoms with Gasteiger partial charge in [-0.2, -0.15) is 0 Å². The fourth-order valence-corrected chi connectivity index (χ4v) is 1.08. The molecule has 0 saturated carbocycles. The van der Waals surface area contributed by atoms with E-state index in [4.69, 9.17) is 19.9 Å². The number of alkyl carbamates (subject to hydrolysis) is 1. The van der Waals surface area contributed by atoms with Gasteiger partial charge in [0.05, 0.1) is 0 Å². The highest BCUT2D eigenvalue weighted by Gasteiger charge is 2.25. The monoisotopic (exact) mass is 304 g/mol. The summed E-state index contributed by atoms with van der Waals surface area (Å²) in [6, 6.07) is -1.20. The van der Waals surface area contributed by atoms with Crippen LogP contribution in [0.1, 0.15) is 41.5 Å². The van der Waals surface area contributed by atoms with E-state index in [1.165, 1.54) is 0 Å². The molecule has 0 aromatic heterocycles. The summed E-state index contributed by atoms with van der Waals surface area (Å²) in [5.74, 6) is -0.857. The first kappa shape index (κ1) is 19.0. The van der Waals surface area contributed by atoms with Gasteiger partial charge in [0.1, 0.15) is 23.9 Å². The van der Waals surface area contributed by atoms with E-state index >= 15 is 0 Å². The number of nitrogens with one attached hydrogen (secondary N) is 1. The van der Waals surface area contributed by atoms with Crippen molar-refractivity contribution in [1.82, 2.24) is 5.32 Å². The van der Waals surface area contributed by atoms with Crippen molar-refractivity contribution in [1.29, 1.82) is 0 Å². The lowest BCUT2D eigenvalue weighted by Gasteiger charge is -2.23. The third-order valence-corrected chi connectivity index (χ3v) is 1.79. The summed E-state index contributed by atoms with van der Waals surface area (Å²) in [5, 5.41) is 2.22. The lowest BCUT2D eigenvalue weighted by atomic mass is 10.2. The zero-order valence-corrected chi connectivity index (χ0v) is 13.3. The SMILES string of the molecule is CC(C)(C)OC(=O)NC(COC(=O)OC(C)(C)C)C(N)=O. The first-order valence-electron chi connectivity index (χ1n) is 6.45. The topological polar surface area (TPSA) is 117 Å². The Kier molecular flexibility index (Phi) is 6.47. The number of hydrogen-bond acceptors (Lipinski definition) is 6. The molecule has 8 nitrogen and oxygen atoms in total. The van der Waals surface area contributed by atoms with Crippen LogP contribution >= 0.6 is 0 Å². The zero-order chi connectivity index (χ0) is 16.8. The molecule has 3 N–H and O–H groups in total. The Morgan fingerprint density at radius 1 is 1.00 bits per heavy atom. The maximum atomic E-state index is 11.5. The quantitative estimate of drug-likeness (QED) is 0.756. The molecule has 0 aromatic rings. The van der Waals surface area contributed by atoms with Gasteiger partial charge in [0.15, 0.2) is 0 Å². The molecule has 0 aromatic carbocycles. The van der Waals surface area contributed by atoms with E-state index in [0.29, 0.717) is 0 Å². The number of amides is 2. The number of ether oxygens (including phenoxy) is 3. The van der Waals surface area contributed by atoms with Gasteiger partial charge in [-0.25, -0.2) is 9.59 Å². The van der Waals surface area contributed by atoms with Gasteiger partial charge < -0.3 is 25.3 Å². The molecule has 0 saturated heterocycles. The van der Waals surface area contributed by atoms with Gasteiger partial charge in [0, 0.05) is 0 Å². The number of nitrogens with two attached hydrogens (primary N) is 1. The Labute approximate surface area is 124 Å². The molecule has 0 fully saturated rings. The van der Waals surface area contributed by atoms with E-state index < -0.39 is 42.0 Å². The Balaban J connectivity index is 4.42. The molecule has 0 spiro atoms. The van der Waals surface area contributed by atoms with Crippen LogP contribution in [0.15, 0.2) is 0 Å². The van der Waals surface area contributed by atoms with Crippen molar-refractivity contribution in [2.24, 2.45) is 5.73 Å². The van der Waals surface area contributed by atoms with E-state index in [9.17, 15) is 14.4 Å². The lowest BCUT2D eigenvalue weighted by Crippen LogP contribution is -2.49. The van der Waals surface area contributed by atoms with Crippen molar-refractivity contribution in [3.63, 3.8) is 0 Å². The molecular weight excluding hydrogens is 280 g/mol. The molecule has 1 unspecified atom stereocenters. The standard InChI is InChI=1S/C13H24N2O6/c1-12(2,3)20-10(17)15-8(9(14)16)7-19-11(18)21-13(4,5)6/h8H,7H2,1-6H3,(H2,14,16)(H,15,17). The van der Waals surface area contributed by atoms with Crippen LogP contribution < -0.4 is 11.1 Å². The van der Waals surface area contributed by atoms with Gasteiger partial charge in [0.25, 0.3) is 0 Å². The predicted molar refractivity (Wildman–Crippen MR) is 74.5 cm³/mol. The average Bonchev–Trinajstić information content (AvgIpc) is 2.18. The number of carbonyl (C=O) groups excluding carboxylic acids is 3. The minimum atomic E-state index is -1.20. The number of hydrogen-bond donors (Lipinski definition) is 2. The molecule has 0 rings (SSSR count). The molecule has 1 atom stereocenters. The minimum absolute atomic E-state index is 0.441. The van der Waals surface area contributed by atoms with Crippen molar-refractivity contribution in [2.45, 2.75) is 58.8 Å². The van der Waals surface area contributed by atoms with Gasteiger partial charge >= 0.3 is 12.2 Å². The van der Waals surface area contributed by atoms with E-state index in [0.717, 1.165) is 0 Å². The van der Waals surface area contributed by atoms with Crippen LogP contribution in [0, 0.1) is 0 Å². The molecule has 0 aliphatic rings. The molecule has 0 radical (unpaired) electrons. The summed E-state index contributed by atoms with van der Waals surface area (Å²) < 4.78 is 14.6. The van der Waals surface area contributed by atoms with Crippen molar-refractivity contribution in [3.8, 4) is 0 Å². The minimum Gasteiger partial charge on any atom is -0.444 e. The molecule has 8 heteroatoms.